The summed E-state index contributed by atoms with van der Waals surface area (Å²) in [6.45, 7) is 0. The minimum Gasteiger partial charge on any atom is -0.497 e. The largest absolute Gasteiger partial charge is 0.497 e. The monoisotopic (exact) mass is 295 g/mol. The Hall–Kier alpha value is -1.56. The topological polar surface area (TPSA) is 72.5 Å². The fourth-order valence-electron chi connectivity index (χ4n) is 3.16. The number of hydrogen-bond acceptors (Lipinski definition) is 4. The molecule has 0 atom stereocenters. The molecular formula is C14H17NO4S. The number of amides is 1. The Labute approximate surface area is 118 Å². The van der Waals surface area contributed by atoms with Crippen LogP contribution in [0.5, 0.6) is 5.75 Å². The molecule has 1 fully saturated rings. The summed E-state index contributed by atoms with van der Waals surface area (Å²) in [7, 11) is -2.14. The average molecular weight is 295 g/mol. The van der Waals surface area contributed by atoms with Gasteiger partial charge in [0.1, 0.15) is 5.75 Å². The minimum atomic E-state index is -3.65. The van der Waals surface area contributed by atoms with Gasteiger partial charge in [-0.2, -0.15) is 0 Å². The Bertz CT molecular complexity index is 660. The first-order valence-electron chi connectivity index (χ1n) is 6.75. The van der Waals surface area contributed by atoms with Gasteiger partial charge in [0.25, 0.3) is 0 Å². The number of benzene rings is 1. The highest BCUT2D eigenvalue weighted by atomic mass is 32.2. The van der Waals surface area contributed by atoms with Crippen molar-refractivity contribution in [2.75, 3.05) is 12.4 Å². The normalized spacial score (nSPS) is 22.9. The molecule has 5 nitrogen and oxygen atoms in total. The van der Waals surface area contributed by atoms with Crippen LogP contribution < -0.4 is 10.1 Å². The lowest BCUT2D eigenvalue weighted by Gasteiger charge is -2.38. The number of nitrogens with one attached hydrogen (secondary N) is 1. The van der Waals surface area contributed by atoms with E-state index in [4.69, 9.17) is 4.74 Å². The van der Waals surface area contributed by atoms with Gasteiger partial charge in [-0.3, -0.25) is 4.79 Å². The van der Waals surface area contributed by atoms with Gasteiger partial charge in [-0.1, -0.05) is 19.3 Å². The third kappa shape index (κ3) is 1.67. The van der Waals surface area contributed by atoms with E-state index in [9.17, 15) is 13.2 Å². The van der Waals surface area contributed by atoms with Gasteiger partial charge in [0.2, 0.25) is 5.91 Å². The SMILES string of the molecule is COc1ccc2c(c1)NC(=O)C1(CCCCC1)S2(=O)=O. The van der Waals surface area contributed by atoms with Crippen LogP contribution >= 0.6 is 0 Å². The summed E-state index contributed by atoms with van der Waals surface area (Å²) in [4.78, 5) is 12.6. The molecule has 1 aromatic carbocycles. The first kappa shape index (κ1) is 13.4. The van der Waals surface area contributed by atoms with Gasteiger partial charge in [0.05, 0.1) is 17.7 Å². The number of ether oxygens (including phenoxy) is 1. The molecule has 1 spiro atoms. The lowest BCUT2D eigenvalue weighted by atomic mass is 9.87. The van der Waals surface area contributed by atoms with E-state index in [2.05, 4.69) is 5.32 Å². The van der Waals surface area contributed by atoms with Gasteiger partial charge in [0, 0.05) is 6.07 Å². The van der Waals surface area contributed by atoms with Gasteiger partial charge in [0.15, 0.2) is 14.6 Å². The van der Waals surface area contributed by atoms with Crippen molar-refractivity contribution < 1.29 is 17.9 Å². The molecular weight excluding hydrogens is 278 g/mol. The van der Waals surface area contributed by atoms with E-state index in [0.717, 1.165) is 19.3 Å². The summed E-state index contributed by atoms with van der Waals surface area (Å²) in [5.41, 5.74) is 0.325. The Morgan fingerprint density at radius 1 is 1.20 bits per heavy atom. The molecule has 3 rings (SSSR count). The minimum absolute atomic E-state index is 0.208. The molecule has 0 unspecified atom stereocenters. The van der Waals surface area contributed by atoms with Gasteiger partial charge < -0.3 is 10.1 Å². The fraction of sp³-hybridized carbons (Fsp3) is 0.500. The van der Waals surface area contributed by atoms with Crippen molar-refractivity contribution in [3.63, 3.8) is 0 Å². The van der Waals surface area contributed by atoms with Crippen LogP contribution in [0.1, 0.15) is 32.1 Å². The van der Waals surface area contributed by atoms with Crippen molar-refractivity contribution >= 4 is 21.4 Å². The molecule has 1 N–H and O–H groups in total. The number of fused-ring (bicyclic) bond motifs is 1. The second-order valence-electron chi connectivity index (χ2n) is 5.37. The van der Waals surface area contributed by atoms with Crippen molar-refractivity contribution in [3.05, 3.63) is 18.2 Å². The first-order valence-corrected chi connectivity index (χ1v) is 8.24. The molecule has 2 aliphatic rings. The van der Waals surface area contributed by atoms with Gasteiger partial charge in [-0.25, -0.2) is 8.42 Å². The Kier molecular flexibility index (Phi) is 3.01. The van der Waals surface area contributed by atoms with Crippen LogP contribution in [0.4, 0.5) is 5.69 Å². The summed E-state index contributed by atoms with van der Waals surface area (Å²) < 4.78 is 29.6. The van der Waals surface area contributed by atoms with E-state index in [1.54, 1.807) is 12.1 Å². The summed E-state index contributed by atoms with van der Waals surface area (Å²) in [6.07, 6.45) is 3.36. The van der Waals surface area contributed by atoms with Crippen molar-refractivity contribution in [3.8, 4) is 5.75 Å². The Balaban J connectivity index is 2.17. The lowest BCUT2D eigenvalue weighted by molar-refractivity contribution is -0.119. The highest BCUT2D eigenvalue weighted by molar-refractivity contribution is 7.94. The highest BCUT2D eigenvalue weighted by Gasteiger charge is 2.54. The van der Waals surface area contributed by atoms with Crippen molar-refractivity contribution in [2.24, 2.45) is 0 Å². The zero-order valence-electron chi connectivity index (χ0n) is 11.3. The maximum absolute atomic E-state index is 12.9. The third-order valence-corrected chi connectivity index (χ3v) is 6.87. The van der Waals surface area contributed by atoms with Crippen molar-refractivity contribution in [1.82, 2.24) is 0 Å². The van der Waals surface area contributed by atoms with Gasteiger partial charge in [-0.15, -0.1) is 0 Å². The molecule has 6 heteroatoms. The zero-order chi connectivity index (χ0) is 14.4. The molecule has 1 aliphatic carbocycles. The Morgan fingerprint density at radius 3 is 2.55 bits per heavy atom. The predicted octanol–water partition coefficient (Wildman–Crippen LogP) is 2.12. The van der Waals surface area contributed by atoms with E-state index in [1.165, 1.54) is 13.2 Å². The standard InChI is InChI=1S/C14H17NO4S/c1-19-10-5-6-12-11(9-10)15-13(16)14(20(12,17)18)7-3-2-4-8-14/h5-6,9H,2-4,7-8H2,1H3,(H,15,16). The van der Waals surface area contributed by atoms with Crippen LogP contribution in [0.2, 0.25) is 0 Å². The average Bonchev–Trinajstić information content (AvgIpc) is 2.46. The molecule has 0 radical (unpaired) electrons. The van der Waals surface area contributed by atoms with E-state index >= 15 is 0 Å². The van der Waals surface area contributed by atoms with Crippen molar-refractivity contribution in [2.45, 2.75) is 41.7 Å². The fourth-order valence-corrected chi connectivity index (χ4v) is 5.34. The second kappa shape index (κ2) is 4.48. The number of carbonyl (C=O) groups is 1. The maximum atomic E-state index is 12.9. The number of hydrogen-bond donors (Lipinski definition) is 1. The summed E-state index contributed by atoms with van der Waals surface area (Å²) in [5.74, 6) is 0.136. The number of methoxy groups -OCH3 is 1. The molecule has 0 aromatic heterocycles. The molecule has 1 amide bonds. The van der Waals surface area contributed by atoms with Gasteiger partial charge in [-0.05, 0) is 25.0 Å². The number of carbonyl (C=O) groups excluding carboxylic acids is 1. The lowest BCUT2D eigenvalue weighted by Crippen LogP contribution is -2.53. The van der Waals surface area contributed by atoms with Crippen LogP contribution in [-0.4, -0.2) is 26.2 Å². The maximum Gasteiger partial charge on any atom is 0.246 e. The predicted molar refractivity (Wildman–Crippen MR) is 74.6 cm³/mol. The van der Waals surface area contributed by atoms with Gasteiger partial charge >= 0.3 is 0 Å². The molecule has 1 aromatic rings. The quantitative estimate of drug-likeness (QED) is 0.861. The molecule has 0 saturated heterocycles. The van der Waals surface area contributed by atoms with E-state index in [1.807, 2.05) is 0 Å². The van der Waals surface area contributed by atoms with Crippen molar-refractivity contribution in [1.29, 1.82) is 0 Å². The van der Waals surface area contributed by atoms with E-state index in [-0.39, 0.29) is 4.90 Å². The molecule has 0 bridgehead atoms. The number of rotatable bonds is 1. The molecule has 108 valence electrons. The molecule has 20 heavy (non-hydrogen) atoms. The molecule has 1 heterocycles. The van der Waals surface area contributed by atoms with Crippen LogP contribution in [0.25, 0.3) is 0 Å². The first-order chi connectivity index (χ1) is 9.51. The van der Waals surface area contributed by atoms with Crippen LogP contribution in [0.3, 0.4) is 0 Å². The highest BCUT2D eigenvalue weighted by Crippen LogP contribution is 2.45. The van der Waals surface area contributed by atoms with Crippen LogP contribution in [0, 0.1) is 0 Å². The summed E-state index contributed by atoms with van der Waals surface area (Å²) >= 11 is 0. The van der Waals surface area contributed by atoms with Crippen LogP contribution in [-0.2, 0) is 14.6 Å². The number of sulfone groups is 1. The van der Waals surface area contributed by atoms with E-state index in [0.29, 0.717) is 24.3 Å². The third-order valence-electron chi connectivity index (χ3n) is 4.31. The number of anilines is 1. The summed E-state index contributed by atoms with van der Waals surface area (Å²) in [5, 5.41) is 2.75. The Morgan fingerprint density at radius 2 is 1.90 bits per heavy atom. The van der Waals surface area contributed by atoms with Crippen LogP contribution in [0.15, 0.2) is 23.1 Å². The second-order valence-corrected chi connectivity index (χ2v) is 7.60. The smallest absolute Gasteiger partial charge is 0.246 e. The summed E-state index contributed by atoms with van der Waals surface area (Å²) in [6, 6.07) is 4.70. The zero-order valence-corrected chi connectivity index (χ0v) is 12.1. The molecule has 1 aliphatic heterocycles. The van der Waals surface area contributed by atoms with E-state index < -0.39 is 20.5 Å². The molecule has 1 saturated carbocycles.